The molecule has 1 N–H and O–H groups in total. The first-order valence-corrected chi connectivity index (χ1v) is 10.6. The van der Waals surface area contributed by atoms with Crippen LogP contribution in [0.4, 0.5) is 10.1 Å². The van der Waals surface area contributed by atoms with Crippen LogP contribution in [-0.4, -0.2) is 26.4 Å². The van der Waals surface area contributed by atoms with Crippen LogP contribution in [0.2, 0.25) is 0 Å². The van der Waals surface area contributed by atoms with Crippen molar-refractivity contribution in [3.8, 4) is 5.75 Å². The van der Waals surface area contributed by atoms with Gasteiger partial charge in [-0.2, -0.15) is 0 Å². The average Bonchev–Trinajstić information content (AvgIpc) is 3.06. The molecule has 0 aliphatic heterocycles. The van der Waals surface area contributed by atoms with Crippen molar-refractivity contribution < 1.29 is 13.9 Å². The fourth-order valence-electron chi connectivity index (χ4n) is 2.86. The Labute approximate surface area is 179 Å². The van der Waals surface area contributed by atoms with E-state index in [1.807, 2.05) is 20.0 Å². The smallest absolute Gasteiger partial charge is 0.234 e. The van der Waals surface area contributed by atoms with Crippen LogP contribution in [0.1, 0.15) is 36.7 Å². The molecule has 0 atom stereocenters. The number of benzene rings is 2. The van der Waals surface area contributed by atoms with Crippen molar-refractivity contribution in [2.75, 3.05) is 11.1 Å². The van der Waals surface area contributed by atoms with E-state index < -0.39 is 5.82 Å². The highest BCUT2D eigenvalue weighted by Gasteiger charge is 2.14. The molecule has 30 heavy (non-hydrogen) atoms. The summed E-state index contributed by atoms with van der Waals surface area (Å²) < 4.78 is 21.5. The topological polar surface area (TPSA) is 69.0 Å². The third-order valence-electron chi connectivity index (χ3n) is 4.55. The third kappa shape index (κ3) is 5.38. The second kappa shape index (κ2) is 9.75. The van der Waals surface area contributed by atoms with Gasteiger partial charge in [0.25, 0.3) is 0 Å². The van der Waals surface area contributed by atoms with Gasteiger partial charge in [-0.3, -0.25) is 4.79 Å². The van der Waals surface area contributed by atoms with Crippen molar-refractivity contribution in [3.63, 3.8) is 0 Å². The van der Waals surface area contributed by atoms with Crippen molar-refractivity contribution >= 4 is 23.4 Å². The second-order valence-electron chi connectivity index (χ2n) is 7.26. The monoisotopic (exact) mass is 428 g/mol. The SMILES string of the molecule is Cc1ccc(C(C)C)c(OCc2nnc(SCC(=O)Nc3ccccc3F)n2C)c1. The Morgan fingerprint density at radius 1 is 1.23 bits per heavy atom. The fourth-order valence-corrected chi connectivity index (χ4v) is 3.59. The Morgan fingerprint density at radius 3 is 2.73 bits per heavy atom. The van der Waals surface area contributed by atoms with Crippen molar-refractivity contribution in [3.05, 3.63) is 65.2 Å². The number of carbonyl (C=O) groups is 1. The minimum atomic E-state index is -0.467. The predicted molar refractivity (Wildman–Crippen MR) is 116 cm³/mol. The van der Waals surface area contributed by atoms with Crippen molar-refractivity contribution in [1.29, 1.82) is 0 Å². The first-order valence-electron chi connectivity index (χ1n) is 9.64. The van der Waals surface area contributed by atoms with E-state index in [1.54, 1.807) is 16.7 Å². The summed E-state index contributed by atoms with van der Waals surface area (Å²) in [6, 6.07) is 12.2. The predicted octanol–water partition coefficient (Wildman–Crippen LogP) is 4.70. The van der Waals surface area contributed by atoms with E-state index in [9.17, 15) is 9.18 Å². The molecule has 158 valence electrons. The number of thioether (sulfide) groups is 1. The van der Waals surface area contributed by atoms with E-state index in [2.05, 4.69) is 41.5 Å². The lowest BCUT2D eigenvalue weighted by molar-refractivity contribution is -0.113. The molecule has 0 fully saturated rings. The lowest BCUT2D eigenvalue weighted by Gasteiger charge is -2.14. The van der Waals surface area contributed by atoms with Crippen LogP contribution in [0, 0.1) is 12.7 Å². The molecule has 3 aromatic rings. The van der Waals surface area contributed by atoms with Crippen molar-refractivity contribution in [2.24, 2.45) is 7.05 Å². The number of rotatable bonds is 8. The van der Waals surface area contributed by atoms with Gasteiger partial charge in [-0.1, -0.05) is 49.9 Å². The van der Waals surface area contributed by atoms with Gasteiger partial charge in [0.1, 0.15) is 18.2 Å². The molecular weight excluding hydrogens is 403 g/mol. The molecule has 0 spiro atoms. The molecule has 0 bridgehead atoms. The summed E-state index contributed by atoms with van der Waals surface area (Å²) >= 11 is 1.23. The summed E-state index contributed by atoms with van der Waals surface area (Å²) in [4.78, 5) is 12.1. The largest absolute Gasteiger partial charge is 0.485 e. The van der Waals surface area contributed by atoms with Crippen LogP contribution >= 0.6 is 11.8 Å². The molecule has 0 aliphatic carbocycles. The quantitative estimate of drug-likeness (QED) is 0.527. The van der Waals surface area contributed by atoms with Crippen molar-refractivity contribution in [1.82, 2.24) is 14.8 Å². The van der Waals surface area contributed by atoms with Crippen LogP contribution in [0.5, 0.6) is 5.75 Å². The maximum absolute atomic E-state index is 13.6. The molecule has 8 heteroatoms. The molecular formula is C22H25FN4O2S. The van der Waals surface area contributed by atoms with Gasteiger partial charge in [0.15, 0.2) is 11.0 Å². The summed E-state index contributed by atoms with van der Waals surface area (Å²) in [5.41, 5.74) is 2.43. The number of aromatic nitrogens is 3. The average molecular weight is 429 g/mol. The zero-order chi connectivity index (χ0) is 21.7. The Bertz CT molecular complexity index is 1040. The minimum absolute atomic E-state index is 0.0938. The number of carbonyl (C=O) groups excluding carboxylic acids is 1. The molecule has 1 amide bonds. The molecule has 0 unspecified atom stereocenters. The van der Waals surface area contributed by atoms with Crippen LogP contribution < -0.4 is 10.1 Å². The number of nitrogens with one attached hydrogen (secondary N) is 1. The number of anilines is 1. The molecule has 0 saturated carbocycles. The maximum Gasteiger partial charge on any atom is 0.234 e. The van der Waals surface area contributed by atoms with Gasteiger partial charge in [0.2, 0.25) is 5.91 Å². The Hall–Kier alpha value is -2.87. The van der Waals surface area contributed by atoms with Gasteiger partial charge in [-0.05, 0) is 42.2 Å². The first kappa shape index (κ1) is 21.8. The highest BCUT2D eigenvalue weighted by atomic mass is 32.2. The molecule has 0 radical (unpaired) electrons. The number of nitrogens with zero attached hydrogens (tertiary/aromatic N) is 3. The highest BCUT2D eigenvalue weighted by Crippen LogP contribution is 2.28. The summed E-state index contributed by atoms with van der Waals surface area (Å²) in [6.45, 7) is 6.55. The number of ether oxygens (including phenoxy) is 1. The zero-order valence-electron chi connectivity index (χ0n) is 17.5. The van der Waals surface area contributed by atoms with Gasteiger partial charge in [0, 0.05) is 7.05 Å². The Morgan fingerprint density at radius 2 is 2.00 bits per heavy atom. The van der Waals surface area contributed by atoms with Gasteiger partial charge < -0.3 is 14.6 Å². The zero-order valence-corrected chi connectivity index (χ0v) is 18.3. The molecule has 1 heterocycles. The molecule has 3 rings (SSSR count). The maximum atomic E-state index is 13.6. The normalized spacial score (nSPS) is 11.0. The minimum Gasteiger partial charge on any atom is -0.485 e. The standard InChI is InChI=1S/C22H25FN4O2S/c1-14(2)16-10-9-15(3)11-19(16)29-12-20-25-26-22(27(20)4)30-13-21(28)24-18-8-6-5-7-17(18)23/h5-11,14H,12-13H2,1-4H3,(H,24,28). The Balaban J connectivity index is 1.59. The fraction of sp³-hybridized carbons (Fsp3) is 0.318. The van der Waals surface area contributed by atoms with Gasteiger partial charge >= 0.3 is 0 Å². The number of para-hydroxylation sites is 1. The van der Waals surface area contributed by atoms with Gasteiger partial charge in [-0.15, -0.1) is 10.2 Å². The molecule has 0 aliphatic rings. The van der Waals surface area contributed by atoms with Crippen LogP contribution in [0.15, 0.2) is 47.6 Å². The van der Waals surface area contributed by atoms with Gasteiger partial charge in [-0.25, -0.2) is 4.39 Å². The number of amides is 1. The van der Waals surface area contributed by atoms with E-state index in [1.165, 1.54) is 23.9 Å². The number of aryl methyl sites for hydroxylation is 1. The summed E-state index contributed by atoms with van der Waals surface area (Å²) in [7, 11) is 1.83. The first-order chi connectivity index (χ1) is 14.3. The summed E-state index contributed by atoms with van der Waals surface area (Å²) in [6.07, 6.45) is 0. The van der Waals surface area contributed by atoms with E-state index in [0.717, 1.165) is 16.9 Å². The Kier molecular flexibility index (Phi) is 7.10. The van der Waals surface area contributed by atoms with E-state index in [0.29, 0.717) is 16.9 Å². The van der Waals surface area contributed by atoms with E-state index >= 15 is 0 Å². The van der Waals surface area contributed by atoms with E-state index in [-0.39, 0.29) is 24.0 Å². The van der Waals surface area contributed by atoms with Gasteiger partial charge in [0.05, 0.1) is 11.4 Å². The number of hydrogen-bond donors (Lipinski definition) is 1. The summed E-state index contributed by atoms with van der Waals surface area (Å²) in [5, 5.41) is 11.5. The molecule has 2 aromatic carbocycles. The molecule has 0 saturated heterocycles. The van der Waals surface area contributed by atoms with Crippen molar-refractivity contribution in [2.45, 2.75) is 38.5 Å². The number of hydrogen-bond acceptors (Lipinski definition) is 5. The lowest BCUT2D eigenvalue weighted by Crippen LogP contribution is -2.15. The second-order valence-corrected chi connectivity index (χ2v) is 8.20. The lowest BCUT2D eigenvalue weighted by atomic mass is 10.0. The number of halogens is 1. The summed E-state index contributed by atoms with van der Waals surface area (Å²) in [5.74, 6) is 1.16. The molecule has 6 nitrogen and oxygen atoms in total. The van der Waals surface area contributed by atoms with Crippen LogP contribution in [-0.2, 0) is 18.4 Å². The third-order valence-corrected chi connectivity index (χ3v) is 5.57. The molecule has 1 aromatic heterocycles. The van der Waals surface area contributed by atoms with Crippen LogP contribution in [0.25, 0.3) is 0 Å². The van der Waals surface area contributed by atoms with Crippen LogP contribution in [0.3, 0.4) is 0 Å². The highest BCUT2D eigenvalue weighted by molar-refractivity contribution is 7.99. The van der Waals surface area contributed by atoms with E-state index in [4.69, 9.17) is 4.74 Å².